The molecule has 0 fully saturated rings. The first-order valence-corrected chi connectivity index (χ1v) is 10.0. The Morgan fingerprint density at radius 2 is 1.82 bits per heavy atom. The van der Waals surface area contributed by atoms with Crippen molar-refractivity contribution in [2.45, 2.75) is 46.1 Å². The van der Waals surface area contributed by atoms with Crippen molar-refractivity contribution in [3.8, 4) is 0 Å². The SMILES string of the molecule is CCOC(=O)c1ccc(NC(=S)N[C@@H](C)c2ccc(C(C)(C)C)cc2)cc1Cl. The molecule has 4 nitrogen and oxygen atoms in total. The smallest absolute Gasteiger partial charge is 0.339 e. The van der Waals surface area contributed by atoms with Gasteiger partial charge in [0.05, 0.1) is 23.2 Å². The molecular formula is C22H27ClN2O2S. The Kier molecular flexibility index (Phi) is 7.44. The van der Waals surface area contributed by atoms with Gasteiger partial charge in [-0.3, -0.25) is 0 Å². The van der Waals surface area contributed by atoms with Gasteiger partial charge in [-0.25, -0.2) is 4.79 Å². The average Bonchev–Trinajstić information content (AvgIpc) is 2.61. The second-order valence-electron chi connectivity index (χ2n) is 7.61. The fourth-order valence-corrected chi connectivity index (χ4v) is 3.24. The predicted octanol–water partition coefficient (Wildman–Crippen LogP) is 5.86. The van der Waals surface area contributed by atoms with E-state index in [0.29, 0.717) is 28.0 Å². The Morgan fingerprint density at radius 1 is 1.18 bits per heavy atom. The van der Waals surface area contributed by atoms with E-state index in [4.69, 9.17) is 28.6 Å². The van der Waals surface area contributed by atoms with Gasteiger partial charge in [0.25, 0.3) is 0 Å². The van der Waals surface area contributed by atoms with Crippen LogP contribution in [0.1, 0.15) is 62.1 Å². The first-order valence-electron chi connectivity index (χ1n) is 9.26. The first kappa shape index (κ1) is 22.2. The van der Waals surface area contributed by atoms with E-state index >= 15 is 0 Å². The van der Waals surface area contributed by atoms with Crippen LogP contribution in [0.5, 0.6) is 0 Å². The number of esters is 1. The molecule has 2 aromatic carbocycles. The molecule has 0 bridgehead atoms. The molecule has 0 aliphatic rings. The molecule has 0 unspecified atom stereocenters. The van der Waals surface area contributed by atoms with Gasteiger partial charge in [0.1, 0.15) is 0 Å². The molecule has 150 valence electrons. The number of ether oxygens (including phenoxy) is 1. The summed E-state index contributed by atoms with van der Waals surface area (Å²) in [5, 5.41) is 7.16. The fourth-order valence-electron chi connectivity index (χ4n) is 2.69. The highest BCUT2D eigenvalue weighted by atomic mass is 35.5. The molecule has 0 saturated carbocycles. The van der Waals surface area contributed by atoms with Crippen LogP contribution in [-0.4, -0.2) is 17.7 Å². The Morgan fingerprint density at radius 3 is 2.36 bits per heavy atom. The van der Waals surface area contributed by atoms with Crippen molar-refractivity contribution in [1.82, 2.24) is 5.32 Å². The third-order valence-electron chi connectivity index (χ3n) is 4.35. The Labute approximate surface area is 177 Å². The van der Waals surface area contributed by atoms with Gasteiger partial charge in [-0.15, -0.1) is 0 Å². The monoisotopic (exact) mass is 418 g/mol. The summed E-state index contributed by atoms with van der Waals surface area (Å²) in [6.45, 7) is 10.7. The normalized spacial score (nSPS) is 12.2. The van der Waals surface area contributed by atoms with Crippen LogP contribution in [0.2, 0.25) is 5.02 Å². The maximum absolute atomic E-state index is 11.8. The van der Waals surface area contributed by atoms with Crippen LogP contribution in [0.3, 0.4) is 0 Å². The third kappa shape index (κ3) is 5.94. The topological polar surface area (TPSA) is 50.4 Å². The van der Waals surface area contributed by atoms with Gasteiger partial charge in [0, 0.05) is 5.69 Å². The highest BCUT2D eigenvalue weighted by molar-refractivity contribution is 7.80. The van der Waals surface area contributed by atoms with Crippen LogP contribution in [0.15, 0.2) is 42.5 Å². The third-order valence-corrected chi connectivity index (χ3v) is 4.88. The molecule has 2 aromatic rings. The molecule has 0 heterocycles. The van der Waals surface area contributed by atoms with E-state index in [-0.39, 0.29) is 11.5 Å². The predicted molar refractivity (Wildman–Crippen MR) is 120 cm³/mol. The molecule has 0 aliphatic heterocycles. The lowest BCUT2D eigenvalue weighted by molar-refractivity contribution is 0.0526. The number of halogens is 1. The van der Waals surface area contributed by atoms with Gasteiger partial charge >= 0.3 is 5.97 Å². The van der Waals surface area contributed by atoms with Crippen LogP contribution < -0.4 is 10.6 Å². The molecule has 0 aliphatic carbocycles. The van der Waals surface area contributed by atoms with E-state index < -0.39 is 5.97 Å². The summed E-state index contributed by atoms with van der Waals surface area (Å²) in [5.74, 6) is -0.438. The lowest BCUT2D eigenvalue weighted by Crippen LogP contribution is -2.31. The van der Waals surface area contributed by atoms with Crippen molar-refractivity contribution in [2.24, 2.45) is 0 Å². The number of anilines is 1. The second-order valence-corrected chi connectivity index (χ2v) is 8.42. The quantitative estimate of drug-likeness (QED) is 0.470. The maximum atomic E-state index is 11.8. The van der Waals surface area contributed by atoms with Crippen molar-refractivity contribution in [3.63, 3.8) is 0 Å². The van der Waals surface area contributed by atoms with Crippen LogP contribution >= 0.6 is 23.8 Å². The molecule has 0 saturated heterocycles. The van der Waals surface area contributed by atoms with Crippen LogP contribution in [0, 0.1) is 0 Å². The van der Waals surface area contributed by atoms with Crippen LogP contribution in [-0.2, 0) is 10.2 Å². The minimum atomic E-state index is -0.438. The Hall–Kier alpha value is -2.11. The van der Waals surface area contributed by atoms with Gasteiger partial charge in [-0.2, -0.15) is 0 Å². The molecule has 1 atom stereocenters. The minimum absolute atomic E-state index is 0.0447. The van der Waals surface area contributed by atoms with Crippen LogP contribution in [0.25, 0.3) is 0 Å². The highest BCUT2D eigenvalue weighted by Gasteiger charge is 2.15. The second kappa shape index (κ2) is 9.39. The number of benzene rings is 2. The minimum Gasteiger partial charge on any atom is -0.462 e. The summed E-state index contributed by atoms with van der Waals surface area (Å²) >= 11 is 11.6. The van der Waals surface area contributed by atoms with Gasteiger partial charge in [-0.1, -0.05) is 56.6 Å². The Balaban J connectivity index is 1.99. The van der Waals surface area contributed by atoms with E-state index in [2.05, 4.69) is 62.6 Å². The molecule has 28 heavy (non-hydrogen) atoms. The molecule has 2 rings (SSSR count). The molecule has 0 aromatic heterocycles. The van der Waals surface area contributed by atoms with E-state index in [1.807, 2.05) is 0 Å². The van der Waals surface area contributed by atoms with Gasteiger partial charge in [0.2, 0.25) is 0 Å². The van der Waals surface area contributed by atoms with E-state index in [0.717, 1.165) is 5.56 Å². The molecule has 0 radical (unpaired) electrons. The molecular weight excluding hydrogens is 392 g/mol. The lowest BCUT2D eigenvalue weighted by atomic mass is 9.86. The van der Waals surface area contributed by atoms with Crippen LogP contribution in [0.4, 0.5) is 5.69 Å². The summed E-state index contributed by atoms with van der Waals surface area (Å²) in [6, 6.07) is 13.6. The standard InChI is InChI=1S/C22H27ClN2O2S/c1-6-27-20(26)18-12-11-17(13-19(18)23)25-21(28)24-14(2)15-7-9-16(10-8-15)22(3,4)5/h7-14H,6H2,1-5H3,(H2,24,25,28)/t14-/m0/s1. The molecule has 0 amide bonds. The maximum Gasteiger partial charge on any atom is 0.339 e. The summed E-state index contributed by atoms with van der Waals surface area (Å²) in [4.78, 5) is 11.8. The largest absolute Gasteiger partial charge is 0.462 e. The zero-order valence-corrected chi connectivity index (χ0v) is 18.5. The van der Waals surface area contributed by atoms with Crippen molar-refractivity contribution >= 4 is 40.6 Å². The number of carbonyl (C=O) groups excluding carboxylic acids is 1. The fraction of sp³-hybridized carbons (Fsp3) is 0.364. The van der Waals surface area contributed by atoms with E-state index in [9.17, 15) is 4.79 Å². The van der Waals surface area contributed by atoms with Crippen molar-refractivity contribution < 1.29 is 9.53 Å². The average molecular weight is 419 g/mol. The number of hydrogen-bond donors (Lipinski definition) is 2. The summed E-state index contributed by atoms with van der Waals surface area (Å²) in [5.41, 5.74) is 3.60. The lowest BCUT2D eigenvalue weighted by Gasteiger charge is -2.21. The van der Waals surface area contributed by atoms with Gasteiger partial charge in [0.15, 0.2) is 5.11 Å². The zero-order valence-electron chi connectivity index (χ0n) is 16.9. The summed E-state index contributed by atoms with van der Waals surface area (Å²) in [6.07, 6.45) is 0. The number of rotatable bonds is 5. The van der Waals surface area contributed by atoms with Gasteiger partial charge < -0.3 is 15.4 Å². The molecule has 6 heteroatoms. The Bertz CT molecular complexity index is 845. The van der Waals surface area contributed by atoms with E-state index in [1.165, 1.54) is 5.56 Å². The van der Waals surface area contributed by atoms with Crippen molar-refractivity contribution in [1.29, 1.82) is 0 Å². The first-order chi connectivity index (χ1) is 13.1. The van der Waals surface area contributed by atoms with E-state index in [1.54, 1.807) is 25.1 Å². The summed E-state index contributed by atoms with van der Waals surface area (Å²) < 4.78 is 4.98. The highest BCUT2D eigenvalue weighted by Crippen LogP contribution is 2.24. The molecule has 0 spiro atoms. The van der Waals surface area contributed by atoms with Crippen molar-refractivity contribution in [3.05, 3.63) is 64.2 Å². The molecule has 2 N–H and O–H groups in total. The van der Waals surface area contributed by atoms with Crippen molar-refractivity contribution in [2.75, 3.05) is 11.9 Å². The number of hydrogen-bond acceptors (Lipinski definition) is 3. The summed E-state index contributed by atoms with van der Waals surface area (Å²) in [7, 11) is 0. The zero-order chi connectivity index (χ0) is 20.9. The number of carbonyl (C=O) groups is 1. The number of nitrogens with one attached hydrogen (secondary N) is 2. The van der Waals surface area contributed by atoms with Gasteiger partial charge in [-0.05, 0) is 60.8 Å². The number of thiocarbonyl (C=S) groups is 1.